The van der Waals surface area contributed by atoms with Crippen LogP contribution in [0.5, 0.6) is 0 Å². The number of hydrogen-bond donors (Lipinski definition) is 1. The summed E-state index contributed by atoms with van der Waals surface area (Å²) in [4.78, 5) is 15.5. The lowest BCUT2D eigenvalue weighted by molar-refractivity contribution is -0.132. The molecule has 88 valence electrons. The monoisotopic (exact) mass is 255 g/mol. The minimum absolute atomic E-state index is 0.267. The summed E-state index contributed by atoms with van der Waals surface area (Å²) in [6, 6.07) is 13.6. The molecule has 3 nitrogen and oxygen atoms in total. The summed E-state index contributed by atoms with van der Waals surface area (Å²) in [5.41, 5.74) is 0.818. The molecule has 0 fully saturated rings. The quantitative estimate of drug-likeness (QED) is 0.670. The Morgan fingerprint density at radius 3 is 2.56 bits per heavy atom. The minimum Gasteiger partial charge on any atom is -0.486 e. The summed E-state index contributed by atoms with van der Waals surface area (Å²) < 4.78 is 0. The summed E-state index contributed by atoms with van der Waals surface area (Å²) in [7, 11) is 0. The van der Waals surface area contributed by atoms with Gasteiger partial charge in [-0.1, -0.05) is 30.3 Å². The lowest BCUT2D eigenvalue weighted by Gasteiger charge is -1.94. The van der Waals surface area contributed by atoms with Crippen LogP contribution in [-0.4, -0.2) is 11.1 Å². The van der Waals surface area contributed by atoms with Gasteiger partial charge in [0.05, 0.1) is 6.57 Å². The lowest BCUT2D eigenvalue weighted by Crippen LogP contribution is -1.94. The Morgan fingerprint density at radius 1 is 1.22 bits per heavy atom. The van der Waals surface area contributed by atoms with Crippen LogP contribution in [0.4, 0.5) is 0 Å². The lowest BCUT2D eigenvalue weighted by atomic mass is 10.2. The topological polar surface area (TPSA) is 41.7 Å². The molecule has 0 aliphatic rings. The number of hydrogen-bond acceptors (Lipinski definition) is 2. The zero-order chi connectivity index (χ0) is 13.0. The minimum atomic E-state index is -1.19. The molecular weight excluding hydrogens is 246 g/mol. The number of carboxylic acids is 1. The number of nitrogens with zero attached hydrogens (tertiary/aromatic N) is 1. The second kappa shape index (κ2) is 5.30. The van der Waals surface area contributed by atoms with Gasteiger partial charge in [-0.15, -0.1) is 11.3 Å². The standard InChI is InChI=1S/C14H9NO2S/c1-15-12(14(16)17)9-11-7-8-13(18-11)10-5-3-2-4-6-10/h2-9H,(H,16,17)/b12-9-. The van der Waals surface area contributed by atoms with E-state index in [1.54, 1.807) is 0 Å². The van der Waals surface area contributed by atoms with Crippen molar-refractivity contribution in [2.45, 2.75) is 0 Å². The Kier molecular flexibility index (Phi) is 3.56. The first-order chi connectivity index (χ1) is 8.70. The third-order valence-electron chi connectivity index (χ3n) is 2.30. The Bertz CT molecular complexity index is 635. The fourth-order valence-corrected chi connectivity index (χ4v) is 2.42. The average molecular weight is 255 g/mol. The molecule has 2 rings (SSSR count). The van der Waals surface area contributed by atoms with E-state index in [1.165, 1.54) is 17.4 Å². The van der Waals surface area contributed by atoms with Crippen molar-refractivity contribution in [3.63, 3.8) is 0 Å². The molecule has 0 atom stereocenters. The van der Waals surface area contributed by atoms with Crippen LogP contribution in [-0.2, 0) is 4.79 Å². The second-order valence-electron chi connectivity index (χ2n) is 3.51. The first-order valence-electron chi connectivity index (χ1n) is 5.18. The van der Waals surface area contributed by atoms with Crippen LogP contribution in [0, 0.1) is 6.57 Å². The molecule has 2 aromatic rings. The maximum absolute atomic E-state index is 10.7. The van der Waals surface area contributed by atoms with E-state index >= 15 is 0 Å². The predicted molar refractivity (Wildman–Crippen MR) is 72.0 cm³/mol. The van der Waals surface area contributed by atoms with Gasteiger partial charge >= 0.3 is 5.97 Å². The average Bonchev–Trinajstić information content (AvgIpc) is 2.85. The molecule has 1 aromatic carbocycles. The molecule has 1 N–H and O–H groups in total. The zero-order valence-corrected chi connectivity index (χ0v) is 10.1. The summed E-state index contributed by atoms with van der Waals surface area (Å²) in [5, 5.41) is 8.78. The van der Waals surface area contributed by atoms with Gasteiger partial charge in [-0.2, -0.15) is 0 Å². The van der Waals surface area contributed by atoms with Crippen molar-refractivity contribution in [2.24, 2.45) is 0 Å². The van der Waals surface area contributed by atoms with Crippen molar-refractivity contribution in [2.75, 3.05) is 0 Å². The van der Waals surface area contributed by atoms with Gasteiger partial charge in [0.25, 0.3) is 5.70 Å². The molecule has 0 unspecified atom stereocenters. The van der Waals surface area contributed by atoms with Crippen LogP contribution in [0.1, 0.15) is 4.88 Å². The highest BCUT2D eigenvalue weighted by atomic mass is 32.1. The van der Waals surface area contributed by atoms with Crippen molar-refractivity contribution < 1.29 is 9.90 Å². The Balaban J connectivity index is 2.33. The molecule has 0 spiro atoms. The normalized spacial score (nSPS) is 10.9. The molecule has 0 aliphatic carbocycles. The van der Waals surface area contributed by atoms with Gasteiger partial charge < -0.3 is 5.11 Å². The van der Waals surface area contributed by atoms with Crippen LogP contribution in [0.2, 0.25) is 0 Å². The first-order valence-corrected chi connectivity index (χ1v) is 6.00. The molecule has 0 aliphatic heterocycles. The highest BCUT2D eigenvalue weighted by Gasteiger charge is 2.08. The molecule has 1 aromatic heterocycles. The largest absolute Gasteiger partial charge is 0.486 e. The number of carbonyl (C=O) groups is 1. The van der Waals surface area contributed by atoms with Crippen LogP contribution in [0.3, 0.4) is 0 Å². The van der Waals surface area contributed by atoms with Gasteiger partial charge in [0.15, 0.2) is 0 Å². The van der Waals surface area contributed by atoms with E-state index in [0.29, 0.717) is 0 Å². The summed E-state index contributed by atoms with van der Waals surface area (Å²) in [6.45, 7) is 6.79. The summed E-state index contributed by atoms with van der Waals surface area (Å²) in [6.07, 6.45) is 1.40. The molecule has 0 saturated carbocycles. The maximum atomic E-state index is 10.7. The van der Waals surface area contributed by atoms with E-state index in [9.17, 15) is 4.79 Å². The number of aliphatic carboxylic acids is 1. The SMILES string of the molecule is [C-]#[N+]/C(=C\c1ccc(-c2ccccc2)s1)C(=O)O. The van der Waals surface area contributed by atoms with Crippen molar-refractivity contribution >= 4 is 23.4 Å². The van der Waals surface area contributed by atoms with Gasteiger partial charge in [0.1, 0.15) is 0 Å². The smallest absolute Gasteiger partial charge is 0.333 e. The molecule has 0 radical (unpaired) electrons. The maximum Gasteiger partial charge on any atom is 0.333 e. The van der Waals surface area contributed by atoms with Gasteiger partial charge in [-0.3, -0.25) is 4.79 Å². The van der Waals surface area contributed by atoms with Crippen LogP contribution >= 0.6 is 11.3 Å². The second-order valence-corrected chi connectivity index (χ2v) is 4.63. The fraction of sp³-hybridized carbons (Fsp3) is 0. The van der Waals surface area contributed by atoms with E-state index in [4.69, 9.17) is 11.7 Å². The molecule has 0 saturated heterocycles. The molecule has 0 amide bonds. The van der Waals surface area contributed by atoms with Gasteiger partial charge in [-0.05, 0) is 23.8 Å². The Labute approximate surface area is 108 Å². The number of carboxylic acid groups (broad SMARTS) is 1. The number of rotatable bonds is 3. The zero-order valence-electron chi connectivity index (χ0n) is 9.33. The van der Waals surface area contributed by atoms with Crippen molar-refractivity contribution in [1.29, 1.82) is 0 Å². The number of thiophene rings is 1. The Hall–Kier alpha value is -2.38. The van der Waals surface area contributed by atoms with Gasteiger partial charge in [0, 0.05) is 9.75 Å². The van der Waals surface area contributed by atoms with Crippen LogP contribution in [0.15, 0.2) is 48.2 Å². The highest BCUT2D eigenvalue weighted by molar-refractivity contribution is 7.16. The van der Waals surface area contributed by atoms with E-state index in [1.807, 2.05) is 42.5 Å². The first kappa shape index (κ1) is 12.1. The molecule has 1 heterocycles. The number of benzene rings is 1. The van der Waals surface area contributed by atoms with Crippen molar-refractivity contribution in [3.05, 3.63) is 64.5 Å². The third kappa shape index (κ3) is 2.65. The molecular formula is C14H9NO2S. The molecule has 0 bridgehead atoms. The molecule has 4 heteroatoms. The van der Waals surface area contributed by atoms with E-state index in [2.05, 4.69) is 4.85 Å². The van der Waals surface area contributed by atoms with Crippen LogP contribution < -0.4 is 0 Å². The highest BCUT2D eigenvalue weighted by Crippen LogP contribution is 2.29. The summed E-state index contributed by atoms with van der Waals surface area (Å²) >= 11 is 1.46. The van der Waals surface area contributed by atoms with Crippen molar-refractivity contribution in [1.82, 2.24) is 0 Å². The summed E-state index contributed by atoms with van der Waals surface area (Å²) in [5.74, 6) is -1.19. The van der Waals surface area contributed by atoms with E-state index in [0.717, 1.165) is 15.3 Å². The fourth-order valence-electron chi connectivity index (χ4n) is 1.46. The van der Waals surface area contributed by atoms with E-state index in [-0.39, 0.29) is 5.70 Å². The van der Waals surface area contributed by atoms with E-state index < -0.39 is 5.97 Å². The molecule has 18 heavy (non-hydrogen) atoms. The van der Waals surface area contributed by atoms with Gasteiger partial charge in [-0.25, -0.2) is 4.85 Å². The third-order valence-corrected chi connectivity index (χ3v) is 3.38. The Morgan fingerprint density at radius 2 is 1.94 bits per heavy atom. The predicted octanol–water partition coefficient (Wildman–Crippen LogP) is 3.76. The van der Waals surface area contributed by atoms with Crippen LogP contribution in [0.25, 0.3) is 21.4 Å². The van der Waals surface area contributed by atoms with Gasteiger partial charge in [0.2, 0.25) is 0 Å². The van der Waals surface area contributed by atoms with Crippen molar-refractivity contribution in [3.8, 4) is 10.4 Å².